The number of carbonyl (C=O) groups is 2. The number of ether oxygens (including phenoxy) is 1. The number of nitrogens with one attached hydrogen (secondary N) is 2. The molecule has 0 unspecified atom stereocenters. The van der Waals surface area contributed by atoms with E-state index in [4.69, 9.17) is 9.15 Å². The van der Waals surface area contributed by atoms with Crippen LogP contribution in [0.1, 0.15) is 18.4 Å². The first-order valence-electron chi connectivity index (χ1n) is 8.55. The summed E-state index contributed by atoms with van der Waals surface area (Å²) in [7, 11) is -1.82. The molecule has 0 spiro atoms. The van der Waals surface area contributed by atoms with E-state index in [1.807, 2.05) is 18.2 Å². The predicted octanol–water partition coefficient (Wildman–Crippen LogP) is -0.233. The fourth-order valence-corrected chi connectivity index (χ4v) is 2.99. The Morgan fingerprint density at radius 2 is 1.92 bits per heavy atom. The van der Waals surface area contributed by atoms with Crippen molar-refractivity contribution in [2.45, 2.75) is 31.2 Å². The number of carbonyl (C=O) groups excluding carboxylic acids is 2. The summed E-state index contributed by atoms with van der Waals surface area (Å²) in [6.45, 7) is 1.08. The van der Waals surface area contributed by atoms with Gasteiger partial charge in [-0.1, -0.05) is 18.2 Å². The van der Waals surface area contributed by atoms with Crippen molar-refractivity contribution < 1.29 is 28.8 Å². The van der Waals surface area contributed by atoms with Crippen LogP contribution in [-0.2, 0) is 20.7 Å². The second kappa shape index (κ2) is 8.35. The first-order valence-corrected chi connectivity index (χ1v) is 8.55. The Balaban J connectivity index is 1.62. The van der Waals surface area contributed by atoms with Crippen LogP contribution in [0.4, 0.5) is 0 Å². The van der Waals surface area contributed by atoms with Crippen LogP contribution in [0.25, 0.3) is 11.0 Å². The van der Waals surface area contributed by atoms with Gasteiger partial charge in [0.15, 0.2) is 0 Å². The number of hydrogen-bond acceptors (Lipinski definition) is 6. The predicted molar refractivity (Wildman–Crippen MR) is 94.0 cm³/mol. The maximum Gasteiger partial charge on any atom is 0.475 e. The lowest BCUT2D eigenvalue weighted by Gasteiger charge is -2.23. The van der Waals surface area contributed by atoms with Gasteiger partial charge in [-0.3, -0.25) is 9.59 Å². The minimum absolute atomic E-state index is 0.114. The molecule has 0 bridgehead atoms. The second-order valence-electron chi connectivity index (χ2n) is 6.31. The van der Waals surface area contributed by atoms with Gasteiger partial charge < -0.3 is 29.8 Å². The molecule has 1 aromatic carbocycles. The minimum Gasteiger partial charge on any atom is -0.464 e. The third-order valence-corrected chi connectivity index (χ3v) is 4.44. The Kier molecular flexibility index (Phi) is 5.92. The highest BCUT2D eigenvalue weighted by atomic mass is 16.5. The van der Waals surface area contributed by atoms with Crippen LogP contribution in [0.3, 0.4) is 0 Å². The van der Waals surface area contributed by atoms with Gasteiger partial charge in [-0.05, 0) is 30.9 Å². The molecule has 2 amide bonds. The van der Waals surface area contributed by atoms with E-state index in [1.165, 1.54) is 6.26 Å². The third-order valence-electron chi connectivity index (χ3n) is 4.44. The van der Waals surface area contributed by atoms with E-state index in [-0.39, 0.29) is 12.5 Å². The second-order valence-corrected chi connectivity index (χ2v) is 6.31. The van der Waals surface area contributed by atoms with Crippen molar-refractivity contribution in [2.24, 2.45) is 0 Å². The summed E-state index contributed by atoms with van der Waals surface area (Å²) in [4.78, 5) is 24.2. The number of fused-ring (bicyclic) bond motifs is 1. The van der Waals surface area contributed by atoms with Gasteiger partial charge in [-0.25, -0.2) is 0 Å². The molecule has 2 aromatic rings. The van der Waals surface area contributed by atoms with Crippen molar-refractivity contribution in [3.63, 3.8) is 0 Å². The lowest BCUT2D eigenvalue weighted by Crippen LogP contribution is -2.53. The van der Waals surface area contributed by atoms with Gasteiger partial charge in [-0.15, -0.1) is 0 Å². The van der Waals surface area contributed by atoms with Crippen LogP contribution in [0, 0.1) is 0 Å². The van der Waals surface area contributed by atoms with Crippen LogP contribution in [0.5, 0.6) is 0 Å². The van der Waals surface area contributed by atoms with Crippen LogP contribution in [0.15, 0.2) is 34.9 Å². The summed E-state index contributed by atoms with van der Waals surface area (Å²) in [6.07, 6.45) is 2.91. The Bertz CT molecular complexity index is 771. The standard InChI is InChI=1S/C17H21BN2O6/c21-16(19-12-5-7-25-8-6-12)17(22)20-15(18(23)24)9-11-10-26-14-4-2-1-3-13(11)14/h1-4,10,12,15,23-24H,5-9H2,(H,19,21)(H,20,22)/t15-/m0/s1. The minimum atomic E-state index is -1.82. The van der Waals surface area contributed by atoms with E-state index in [1.54, 1.807) is 6.07 Å². The molecule has 4 N–H and O–H groups in total. The topological polar surface area (TPSA) is 121 Å². The van der Waals surface area contributed by atoms with Crippen molar-refractivity contribution in [3.8, 4) is 0 Å². The van der Waals surface area contributed by atoms with E-state index in [9.17, 15) is 19.6 Å². The fourth-order valence-electron chi connectivity index (χ4n) is 2.99. The highest BCUT2D eigenvalue weighted by molar-refractivity contribution is 6.45. The summed E-state index contributed by atoms with van der Waals surface area (Å²) < 4.78 is 10.6. The molecule has 1 aliphatic heterocycles. The molecule has 0 saturated carbocycles. The molecule has 0 radical (unpaired) electrons. The highest BCUT2D eigenvalue weighted by Gasteiger charge is 2.30. The number of hydrogen-bond donors (Lipinski definition) is 4. The van der Waals surface area contributed by atoms with Crippen LogP contribution in [-0.4, -0.2) is 54.2 Å². The van der Waals surface area contributed by atoms with Gasteiger partial charge in [0, 0.05) is 24.6 Å². The lowest BCUT2D eigenvalue weighted by atomic mass is 9.76. The Morgan fingerprint density at radius 3 is 2.65 bits per heavy atom. The largest absolute Gasteiger partial charge is 0.475 e. The van der Waals surface area contributed by atoms with Gasteiger partial charge in [-0.2, -0.15) is 0 Å². The Hall–Kier alpha value is -2.36. The first kappa shape index (κ1) is 18.4. The van der Waals surface area contributed by atoms with Crippen molar-refractivity contribution in [1.29, 1.82) is 0 Å². The molecule has 9 heteroatoms. The van der Waals surface area contributed by atoms with Crippen molar-refractivity contribution in [2.75, 3.05) is 13.2 Å². The fraction of sp³-hybridized carbons (Fsp3) is 0.412. The molecule has 8 nitrogen and oxygen atoms in total. The maximum atomic E-state index is 12.1. The molecule has 1 saturated heterocycles. The normalized spacial score (nSPS) is 16.2. The molecule has 138 valence electrons. The van der Waals surface area contributed by atoms with Gasteiger partial charge in [0.1, 0.15) is 5.58 Å². The summed E-state index contributed by atoms with van der Waals surface area (Å²) in [5.41, 5.74) is 1.38. The summed E-state index contributed by atoms with van der Waals surface area (Å²) in [6, 6.07) is 7.19. The van der Waals surface area contributed by atoms with Crippen molar-refractivity contribution in [1.82, 2.24) is 10.6 Å². The zero-order chi connectivity index (χ0) is 18.5. The number of benzene rings is 1. The molecule has 0 aliphatic carbocycles. The molecule has 2 heterocycles. The van der Waals surface area contributed by atoms with Crippen LogP contribution >= 0.6 is 0 Å². The zero-order valence-electron chi connectivity index (χ0n) is 14.2. The Morgan fingerprint density at radius 1 is 1.19 bits per heavy atom. The van der Waals surface area contributed by atoms with Gasteiger partial charge in [0.25, 0.3) is 0 Å². The molecule has 1 fully saturated rings. The molecule has 3 rings (SSSR count). The monoisotopic (exact) mass is 360 g/mol. The SMILES string of the molecule is O=C(NC1CCOCC1)C(=O)N[C@@H](Cc1coc2ccccc12)B(O)O. The van der Waals surface area contributed by atoms with E-state index in [0.717, 1.165) is 5.39 Å². The van der Waals surface area contributed by atoms with Gasteiger partial charge in [0.2, 0.25) is 0 Å². The number of rotatable bonds is 5. The maximum absolute atomic E-state index is 12.1. The highest BCUT2D eigenvalue weighted by Crippen LogP contribution is 2.22. The van der Waals surface area contributed by atoms with Crippen LogP contribution in [0.2, 0.25) is 0 Å². The molecule has 1 aliphatic rings. The molecule has 26 heavy (non-hydrogen) atoms. The van der Waals surface area contributed by atoms with Gasteiger partial charge in [0.05, 0.1) is 12.2 Å². The smallest absolute Gasteiger partial charge is 0.464 e. The third kappa shape index (κ3) is 4.43. The van der Waals surface area contributed by atoms with E-state index >= 15 is 0 Å². The zero-order valence-corrected chi connectivity index (χ0v) is 14.2. The number of para-hydroxylation sites is 1. The lowest BCUT2D eigenvalue weighted by molar-refractivity contribution is -0.140. The summed E-state index contributed by atoms with van der Waals surface area (Å²) in [5.74, 6) is -2.73. The molecule has 1 aromatic heterocycles. The number of amides is 2. The van der Waals surface area contributed by atoms with E-state index < -0.39 is 24.9 Å². The van der Waals surface area contributed by atoms with Crippen LogP contribution < -0.4 is 10.6 Å². The first-order chi connectivity index (χ1) is 12.5. The average molecular weight is 360 g/mol. The quantitative estimate of drug-likeness (QED) is 0.432. The van der Waals surface area contributed by atoms with Gasteiger partial charge >= 0.3 is 18.9 Å². The molecular formula is C17H21BN2O6. The van der Waals surface area contributed by atoms with E-state index in [2.05, 4.69) is 10.6 Å². The molecular weight excluding hydrogens is 339 g/mol. The summed E-state index contributed by atoms with van der Waals surface area (Å²) >= 11 is 0. The van der Waals surface area contributed by atoms with Crippen molar-refractivity contribution >= 4 is 29.9 Å². The average Bonchev–Trinajstić information content (AvgIpc) is 3.05. The molecule has 1 atom stereocenters. The number of furan rings is 1. The van der Waals surface area contributed by atoms with E-state index in [0.29, 0.717) is 37.2 Å². The van der Waals surface area contributed by atoms with Crippen molar-refractivity contribution in [3.05, 3.63) is 36.1 Å². The summed E-state index contributed by atoms with van der Waals surface area (Å²) in [5, 5.41) is 25.0. The Labute approximate surface area is 150 Å².